The van der Waals surface area contributed by atoms with Crippen molar-refractivity contribution in [2.24, 2.45) is 5.41 Å². The number of hydrogen-bond donors (Lipinski definition) is 1. The lowest BCUT2D eigenvalue weighted by atomic mass is 9.87. The van der Waals surface area contributed by atoms with Crippen molar-refractivity contribution < 1.29 is 0 Å². The van der Waals surface area contributed by atoms with E-state index >= 15 is 0 Å². The normalized spacial score (nSPS) is 18.5. The van der Waals surface area contributed by atoms with Crippen molar-refractivity contribution in [3.05, 3.63) is 17.7 Å². The maximum Gasteiger partial charge on any atom is 0.113 e. The molecule has 0 fully saturated rings. The third-order valence-electron chi connectivity index (χ3n) is 4.80. The zero-order valence-electron chi connectivity index (χ0n) is 15.4. The van der Waals surface area contributed by atoms with E-state index in [1.54, 1.807) is 0 Å². The first-order valence-corrected chi connectivity index (χ1v) is 8.88. The van der Waals surface area contributed by atoms with Crippen LogP contribution in [0.4, 0.5) is 0 Å². The van der Waals surface area contributed by atoms with Gasteiger partial charge in [-0.2, -0.15) is 5.26 Å². The van der Waals surface area contributed by atoms with Gasteiger partial charge in [0.05, 0.1) is 11.8 Å². The van der Waals surface area contributed by atoms with Crippen LogP contribution in [0.3, 0.4) is 0 Å². The third-order valence-corrected chi connectivity index (χ3v) is 4.80. The second kappa shape index (κ2) is 7.05. The highest BCUT2D eigenvalue weighted by Crippen LogP contribution is 2.30. The Kier molecular flexibility index (Phi) is 5.52. The molecule has 2 rings (SSSR count). The largest absolute Gasteiger partial charge is 0.334 e. The average molecular weight is 316 g/mol. The summed E-state index contributed by atoms with van der Waals surface area (Å²) in [6, 6.07) is 2.25. The van der Waals surface area contributed by atoms with Gasteiger partial charge in [0.25, 0.3) is 0 Å². The fourth-order valence-corrected chi connectivity index (χ4v) is 3.19. The molecule has 1 aliphatic heterocycles. The van der Waals surface area contributed by atoms with E-state index in [1.165, 1.54) is 24.4 Å². The van der Waals surface area contributed by atoms with Crippen LogP contribution in [0.15, 0.2) is 6.20 Å². The minimum Gasteiger partial charge on any atom is -0.334 e. The fourth-order valence-electron chi connectivity index (χ4n) is 3.19. The maximum atomic E-state index is 8.75. The molecule has 0 unspecified atom stereocenters. The van der Waals surface area contributed by atoms with Crippen molar-refractivity contribution in [2.75, 3.05) is 13.1 Å². The monoisotopic (exact) mass is 316 g/mol. The molecule has 128 valence electrons. The van der Waals surface area contributed by atoms with Gasteiger partial charge in [0.15, 0.2) is 0 Å². The Hall–Kier alpha value is -1.34. The molecule has 1 N–H and O–H groups in total. The van der Waals surface area contributed by atoms with Gasteiger partial charge in [0.1, 0.15) is 5.82 Å². The summed E-state index contributed by atoms with van der Waals surface area (Å²) in [4.78, 5) is 4.95. The molecule has 4 heteroatoms. The first kappa shape index (κ1) is 18.0. The topological polar surface area (TPSA) is 53.6 Å². The van der Waals surface area contributed by atoms with E-state index in [0.717, 1.165) is 26.1 Å². The molecule has 0 bridgehead atoms. The van der Waals surface area contributed by atoms with Crippen molar-refractivity contribution in [1.82, 2.24) is 14.9 Å². The summed E-state index contributed by atoms with van der Waals surface area (Å²) in [6.45, 7) is 14.2. The third kappa shape index (κ3) is 4.81. The summed E-state index contributed by atoms with van der Waals surface area (Å²) in [5.41, 5.74) is 1.49. The summed E-state index contributed by atoms with van der Waals surface area (Å²) in [5, 5.41) is 12.4. The predicted octanol–water partition coefficient (Wildman–Crippen LogP) is 3.98. The van der Waals surface area contributed by atoms with Crippen LogP contribution in [0.5, 0.6) is 0 Å². The SMILES string of the molecule is CC(C)(CCC#N)CNC[C@H]1CCCn2cc(C(C)(C)C)nc21. The molecule has 0 amide bonds. The van der Waals surface area contributed by atoms with Crippen molar-refractivity contribution in [3.8, 4) is 6.07 Å². The van der Waals surface area contributed by atoms with E-state index in [9.17, 15) is 0 Å². The highest BCUT2D eigenvalue weighted by atomic mass is 15.1. The van der Waals surface area contributed by atoms with E-state index in [1.807, 2.05) is 0 Å². The van der Waals surface area contributed by atoms with Crippen LogP contribution in [0.1, 0.15) is 77.7 Å². The molecule has 1 aromatic heterocycles. The Balaban J connectivity index is 1.96. The summed E-state index contributed by atoms with van der Waals surface area (Å²) < 4.78 is 2.36. The van der Waals surface area contributed by atoms with Crippen molar-refractivity contribution >= 4 is 0 Å². The molecule has 4 nitrogen and oxygen atoms in total. The van der Waals surface area contributed by atoms with Crippen LogP contribution in [-0.2, 0) is 12.0 Å². The lowest BCUT2D eigenvalue weighted by Gasteiger charge is -2.27. The Morgan fingerprint density at radius 3 is 2.74 bits per heavy atom. The fraction of sp³-hybridized carbons (Fsp3) is 0.789. The van der Waals surface area contributed by atoms with Crippen LogP contribution in [0.25, 0.3) is 0 Å². The van der Waals surface area contributed by atoms with Gasteiger partial charge in [-0.15, -0.1) is 0 Å². The van der Waals surface area contributed by atoms with Gasteiger partial charge in [-0.1, -0.05) is 34.6 Å². The number of fused-ring (bicyclic) bond motifs is 1. The van der Waals surface area contributed by atoms with Gasteiger partial charge >= 0.3 is 0 Å². The maximum absolute atomic E-state index is 8.75. The van der Waals surface area contributed by atoms with E-state index in [4.69, 9.17) is 10.2 Å². The van der Waals surface area contributed by atoms with Crippen LogP contribution in [0.2, 0.25) is 0 Å². The smallest absolute Gasteiger partial charge is 0.113 e. The van der Waals surface area contributed by atoms with Crippen molar-refractivity contribution in [2.45, 2.75) is 78.2 Å². The molecule has 0 saturated heterocycles. The number of aromatic nitrogens is 2. The molecule has 0 aromatic carbocycles. The van der Waals surface area contributed by atoms with Gasteiger partial charge in [0, 0.05) is 43.6 Å². The van der Waals surface area contributed by atoms with Crippen molar-refractivity contribution in [3.63, 3.8) is 0 Å². The Bertz CT molecular complexity index is 557. The van der Waals surface area contributed by atoms with E-state index < -0.39 is 0 Å². The number of hydrogen-bond acceptors (Lipinski definition) is 3. The number of rotatable bonds is 6. The lowest BCUT2D eigenvalue weighted by Crippen LogP contribution is -2.34. The molecular formula is C19H32N4. The summed E-state index contributed by atoms with van der Waals surface area (Å²) in [5.74, 6) is 1.76. The molecule has 1 atom stereocenters. The Morgan fingerprint density at radius 2 is 2.09 bits per heavy atom. The summed E-state index contributed by atoms with van der Waals surface area (Å²) in [7, 11) is 0. The van der Waals surface area contributed by atoms with E-state index in [2.05, 4.69) is 56.8 Å². The minimum absolute atomic E-state index is 0.113. The molecular weight excluding hydrogens is 284 g/mol. The quantitative estimate of drug-likeness (QED) is 0.863. The van der Waals surface area contributed by atoms with Gasteiger partial charge in [-0.05, 0) is 24.7 Å². The Morgan fingerprint density at radius 1 is 1.35 bits per heavy atom. The molecule has 0 aliphatic carbocycles. The zero-order valence-corrected chi connectivity index (χ0v) is 15.4. The number of nitrogens with zero attached hydrogens (tertiary/aromatic N) is 3. The first-order chi connectivity index (χ1) is 10.7. The number of aryl methyl sites for hydroxylation is 1. The molecule has 23 heavy (non-hydrogen) atoms. The van der Waals surface area contributed by atoms with Crippen molar-refractivity contribution in [1.29, 1.82) is 5.26 Å². The van der Waals surface area contributed by atoms with Crippen LogP contribution >= 0.6 is 0 Å². The molecule has 0 spiro atoms. The zero-order chi connectivity index (χ0) is 17.1. The number of nitriles is 1. The predicted molar refractivity (Wildman–Crippen MR) is 94.4 cm³/mol. The molecule has 1 aromatic rings. The molecule has 1 aliphatic rings. The standard InChI is InChI=1S/C19H32N4/c1-18(2,3)16-13-23-11-6-8-15(17(23)22-16)12-21-14-19(4,5)9-7-10-20/h13,15,21H,6-9,11-12,14H2,1-5H3/t15-/m1/s1. The van der Waals surface area contributed by atoms with E-state index in [0.29, 0.717) is 12.3 Å². The minimum atomic E-state index is 0.113. The molecule has 0 radical (unpaired) electrons. The first-order valence-electron chi connectivity index (χ1n) is 8.88. The highest BCUT2D eigenvalue weighted by Gasteiger charge is 2.27. The van der Waals surface area contributed by atoms with Gasteiger partial charge in [-0.3, -0.25) is 0 Å². The average Bonchev–Trinajstić information content (AvgIpc) is 2.90. The second-order valence-corrected chi connectivity index (χ2v) is 8.72. The van der Waals surface area contributed by atoms with Gasteiger partial charge in [0.2, 0.25) is 0 Å². The van der Waals surface area contributed by atoms with E-state index in [-0.39, 0.29) is 10.8 Å². The molecule has 0 saturated carbocycles. The Labute approximate surface area is 141 Å². The van der Waals surface area contributed by atoms with Crippen LogP contribution < -0.4 is 5.32 Å². The van der Waals surface area contributed by atoms with Gasteiger partial charge < -0.3 is 9.88 Å². The summed E-state index contributed by atoms with van der Waals surface area (Å²) in [6.07, 6.45) is 6.28. The summed E-state index contributed by atoms with van der Waals surface area (Å²) >= 11 is 0. The number of imidazole rings is 1. The number of nitrogens with one attached hydrogen (secondary N) is 1. The second-order valence-electron chi connectivity index (χ2n) is 8.72. The van der Waals surface area contributed by atoms with Crippen LogP contribution in [0, 0.1) is 16.7 Å². The highest BCUT2D eigenvalue weighted by molar-refractivity contribution is 5.17. The lowest BCUT2D eigenvalue weighted by molar-refractivity contribution is 0.307. The van der Waals surface area contributed by atoms with Crippen LogP contribution in [-0.4, -0.2) is 22.6 Å². The molecule has 2 heterocycles. The van der Waals surface area contributed by atoms with Gasteiger partial charge in [-0.25, -0.2) is 4.98 Å².